The summed E-state index contributed by atoms with van der Waals surface area (Å²) in [4.78, 5) is 37.9. The number of hydrogen-bond donors (Lipinski definition) is 2. The Hall–Kier alpha value is -3.43. The highest BCUT2D eigenvalue weighted by atomic mass is 16.5. The summed E-state index contributed by atoms with van der Waals surface area (Å²) < 4.78 is 15.9. The van der Waals surface area contributed by atoms with Crippen molar-refractivity contribution < 1.29 is 33.7 Å². The van der Waals surface area contributed by atoms with Gasteiger partial charge >= 0.3 is 12.1 Å². The van der Waals surface area contributed by atoms with Crippen LogP contribution in [-0.2, 0) is 23.8 Å². The number of hydrogen-bond acceptors (Lipinski definition) is 6. The lowest BCUT2D eigenvalue weighted by Crippen LogP contribution is -2.57. The third-order valence-corrected chi connectivity index (χ3v) is 6.66. The minimum Gasteiger partial charge on any atom is -0.479 e. The highest BCUT2D eigenvalue weighted by molar-refractivity contribution is 5.88. The molecule has 2 N–H and O–H groups in total. The Balaban J connectivity index is 1.20. The van der Waals surface area contributed by atoms with E-state index >= 15 is 0 Å². The summed E-state index contributed by atoms with van der Waals surface area (Å²) in [5.74, 6) is -1.52. The Morgan fingerprint density at radius 1 is 1.09 bits per heavy atom. The smallest absolute Gasteiger partial charge is 0.407 e. The van der Waals surface area contributed by atoms with Gasteiger partial charge in [0.05, 0.1) is 13.2 Å². The lowest BCUT2D eigenvalue weighted by Gasteiger charge is -2.34. The predicted octanol–water partition coefficient (Wildman–Crippen LogP) is 2.63. The van der Waals surface area contributed by atoms with E-state index in [0.29, 0.717) is 19.4 Å². The van der Waals surface area contributed by atoms with Gasteiger partial charge in [0.2, 0.25) is 5.91 Å². The highest BCUT2D eigenvalue weighted by Crippen LogP contribution is 2.44. The van der Waals surface area contributed by atoms with Crippen LogP contribution in [0.2, 0.25) is 0 Å². The molecule has 4 rings (SSSR count). The molecule has 2 aliphatic rings. The number of aliphatic carboxylic acids is 1. The topological polar surface area (TPSA) is 114 Å². The van der Waals surface area contributed by atoms with Crippen LogP contribution >= 0.6 is 0 Å². The fourth-order valence-electron chi connectivity index (χ4n) is 5.03. The molecule has 2 amide bonds. The van der Waals surface area contributed by atoms with E-state index < -0.39 is 23.5 Å². The van der Waals surface area contributed by atoms with Crippen LogP contribution in [0.1, 0.15) is 29.9 Å². The zero-order valence-electron chi connectivity index (χ0n) is 19.7. The zero-order chi connectivity index (χ0) is 24.8. The van der Waals surface area contributed by atoms with E-state index in [1.807, 2.05) is 24.3 Å². The Morgan fingerprint density at radius 3 is 2.37 bits per heavy atom. The lowest BCUT2D eigenvalue weighted by atomic mass is 9.97. The molecule has 0 radical (unpaired) electrons. The van der Waals surface area contributed by atoms with Crippen molar-refractivity contribution in [3.05, 3.63) is 59.7 Å². The van der Waals surface area contributed by atoms with E-state index in [1.165, 1.54) is 12.0 Å². The molecule has 1 aliphatic heterocycles. The minimum absolute atomic E-state index is 0.0240. The normalized spacial score (nSPS) is 18.7. The third kappa shape index (κ3) is 5.01. The van der Waals surface area contributed by atoms with Crippen molar-refractivity contribution in [1.29, 1.82) is 0 Å². The molecule has 1 fully saturated rings. The largest absolute Gasteiger partial charge is 0.479 e. The maximum atomic E-state index is 12.6. The SMILES string of the molecule is COCC1(C(=O)O)CCCN1C(=O)COCCNC(=O)OCC1c2ccccc2-c2ccccc21. The van der Waals surface area contributed by atoms with Gasteiger partial charge in [0.1, 0.15) is 13.2 Å². The number of rotatable bonds is 10. The molecule has 0 spiro atoms. The summed E-state index contributed by atoms with van der Waals surface area (Å²) in [6, 6.07) is 16.2. The van der Waals surface area contributed by atoms with E-state index in [4.69, 9.17) is 14.2 Å². The number of nitrogens with zero attached hydrogens (tertiary/aromatic N) is 1. The quantitative estimate of drug-likeness (QED) is 0.501. The fraction of sp³-hybridized carbons (Fsp3) is 0.423. The first-order chi connectivity index (χ1) is 17.0. The standard InChI is InChI=1S/C26H30N2O7/c1-33-17-26(24(30)31)11-6-13-28(26)23(29)16-34-14-12-27-25(32)35-15-22-20-9-4-2-7-18(20)19-8-3-5-10-21(19)22/h2-5,7-10,22H,6,11-17H2,1H3,(H,27,32)(H,30,31). The molecule has 9 nitrogen and oxygen atoms in total. The van der Waals surface area contributed by atoms with Gasteiger partial charge in [-0.1, -0.05) is 48.5 Å². The Bertz CT molecular complexity index is 1040. The van der Waals surface area contributed by atoms with Crippen molar-refractivity contribution in [2.24, 2.45) is 0 Å². The van der Waals surface area contributed by atoms with Gasteiger partial charge in [-0.2, -0.15) is 0 Å². The van der Waals surface area contributed by atoms with Crippen LogP contribution in [0.15, 0.2) is 48.5 Å². The van der Waals surface area contributed by atoms with Gasteiger partial charge in [0, 0.05) is 26.1 Å². The van der Waals surface area contributed by atoms with E-state index in [-0.39, 0.29) is 38.9 Å². The van der Waals surface area contributed by atoms with Crippen LogP contribution in [0.4, 0.5) is 4.79 Å². The fourth-order valence-corrected chi connectivity index (χ4v) is 5.03. The van der Waals surface area contributed by atoms with Gasteiger partial charge in [0.15, 0.2) is 5.54 Å². The van der Waals surface area contributed by atoms with Gasteiger partial charge in [0.25, 0.3) is 0 Å². The minimum atomic E-state index is -1.35. The molecule has 0 bridgehead atoms. The number of carbonyl (C=O) groups is 3. The van der Waals surface area contributed by atoms with Crippen LogP contribution < -0.4 is 5.32 Å². The first kappa shape index (κ1) is 24.7. The summed E-state index contributed by atoms with van der Waals surface area (Å²) in [5.41, 5.74) is 3.23. The van der Waals surface area contributed by atoms with Crippen molar-refractivity contribution in [3.63, 3.8) is 0 Å². The molecule has 186 valence electrons. The molecule has 1 heterocycles. The van der Waals surface area contributed by atoms with Gasteiger partial charge in [-0.25, -0.2) is 9.59 Å². The number of carboxylic acids is 1. The van der Waals surface area contributed by atoms with E-state index in [2.05, 4.69) is 29.6 Å². The van der Waals surface area contributed by atoms with Crippen molar-refractivity contribution >= 4 is 18.0 Å². The van der Waals surface area contributed by atoms with Crippen LogP contribution in [0.5, 0.6) is 0 Å². The number of alkyl carbamates (subject to hydrolysis) is 1. The average molecular weight is 483 g/mol. The number of methoxy groups -OCH3 is 1. The number of likely N-dealkylation sites (tertiary alicyclic amines) is 1. The van der Waals surface area contributed by atoms with Crippen LogP contribution in [0.3, 0.4) is 0 Å². The number of carbonyl (C=O) groups excluding carboxylic acids is 2. The second-order valence-electron chi connectivity index (χ2n) is 8.72. The van der Waals surface area contributed by atoms with E-state index in [1.54, 1.807) is 0 Å². The molecule has 2 aromatic carbocycles. The number of benzene rings is 2. The van der Waals surface area contributed by atoms with Crippen LogP contribution in [-0.4, -0.2) is 80.1 Å². The number of fused-ring (bicyclic) bond motifs is 3. The van der Waals surface area contributed by atoms with Crippen LogP contribution in [0.25, 0.3) is 11.1 Å². The molecular weight excluding hydrogens is 452 g/mol. The lowest BCUT2D eigenvalue weighted by molar-refractivity contribution is -0.161. The van der Waals surface area contributed by atoms with Crippen molar-refractivity contribution in [2.45, 2.75) is 24.3 Å². The number of amides is 2. The second kappa shape index (κ2) is 10.9. The van der Waals surface area contributed by atoms with Gasteiger partial charge in [-0.05, 0) is 35.1 Å². The maximum Gasteiger partial charge on any atom is 0.407 e. The first-order valence-corrected chi connectivity index (χ1v) is 11.7. The molecule has 1 unspecified atom stereocenters. The first-order valence-electron chi connectivity index (χ1n) is 11.7. The second-order valence-corrected chi connectivity index (χ2v) is 8.72. The van der Waals surface area contributed by atoms with Gasteiger partial charge in [-0.3, -0.25) is 4.79 Å². The zero-order valence-corrected chi connectivity index (χ0v) is 19.7. The van der Waals surface area contributed by atoms with E-state index in [9.17, 15) is 19.5 Å². The molecule has 0 aromatic heterocycles. The number of carboxylic acid groups (broad SMARTS) is 1. The Morgan fingerprint density at radius 2 is 1.74 bits per heavy atom. The Kier molecular flexibility index (Phi) is 7.67. The maximum absolute atomic E-state index is 12.6. The van der Waals surface area contributed by atoms with E-state index in [0.717, 1.165) is 22.3 Å². The van der Waals surface area contributed by atoms with Crippen molar-refractivity contribution in [3.8, 4) is 11.1 Å². The van der Waals surface area contributed by atoms with Crippen molar-refractivity contribution in [2.75, 3.05) is 46.6 Å². The monoisotopic (exact) mass is 482 g/mol. The number of nitrogens with one attached hydrogen (secondary N) is 1. The van der Waals surface area contributed by atoms with Crippen LogP contribution in [0, 0.1) is 0 Å². The molecule has 2 aromatic rings. The summed E-state index contributed by atoms with van der Waals surface area (Å²) in [6.07, 6.45) is 0.363. The predicted molar refractivity (Wildman–Crippen MR) is 127 cm³/mol. The van der Waals surface area contributed by atoms with Crippen molar-refractivity contribution in [1.82, 2.24) is 10.2 Å². The summed E-state index contributed by atoms with van der Waals surface area (Å²) in [5, 5.41) is 12.3. The van der Waals surface area contributed by atoms with Gasteiger partial charge < -0.3 is 29.5 Å². The molecule has 1 aliphatic carbocycles. The van der Waals surface area contributed by atoms with Gasteiger partial charge in [-0.15, -0.1) is 0 Å². The molecule has 1 saturated heterocycles. The Labute approximate surface area is 204 Å². The average Bonchev–Trinajstić information content (AvgIpc) is 3.43. The molecular formula is C26H30N2O7. The highest BCUT2D eigenvalue weighted by Gasteiger charge is 2.50. The molecule has 9 heteroatoms. The number of ether oxygens (including phenoxy) is 3. The molecule has 1 atom stereocenters. The third-order valence-electron chi connectivity index (χ3n) is 6.66. The molecule has 0 saturated carbocycles. The molecule has 35 heavy (non-hydrogen) atoms. The summed E-state index contributed by atoms with van der Waals surface area (Å²) in [7, 11) is 1.41. The summed E-state index contributed by atoms with van der Waals surface area (Å²) >= 11 is 0. The summed E-state index contributed by atoms with van der Waals surface area (Å²) in [6.45, 7) is 0.462.